The summed E-state index contributed by atoms with van der Waals surface area (Å²) < 4.78 is 0. The van der Waals surface area contributed by atoms with Crippen molar-refractivity contribution in [2.24, 2.45) is 0 Å². The van der Waals surface area contributed by atoms with Gasteiger partial charge >= 0.3 is 0 Å². The molecule has 0 saturated carbocycles. The molecule has 0 radical (unpaired) electrons. The van der Waals surface area contributed by atoms with Gasteiger partial charge in [0.2, 0.25) is 5.91 Å². The average molecular weight is 254 g/mol. The quantitative estimate of drug-likeness (QED) is 0.843. The lowest BCUT2D eigenvalue weighted by Crippen LogP contribution is -2.30. The molecular weight excluding hydrogens is 236 g/mol. The van der Waals surface area contributed by atoms with Gasteiger partial charge in [-0.25, -0.2) is 0 Å². The van der Waals surface area contributed by atoms with Gasteiger partial charge in [0.05, 0.1) is 17.8 Å². The zero-order valence-corrected chi connectivity index (χ0v) is 11.5. The molecule has 1 unspecified atom stereocenters. The lowest BCUT2D eigenvalue weighted by Gasteiger charge is -2.21. The highest BCUT2D eigenvalue weighted by molar-refractivity contribution is 5.97. The van der Waals surface area contributed by atoms with Crippen molar-refractivity contribution in [1.29, 1.82) is 0 Å². The molecule has 3 heteroatoms. The molecule has 0 fully saturated rings. The fraction of sp³-hybridized carbons (Fsp3) is 0.250. The Balaban J connectivity index is 2.17. The van der Waals surface area contributed by atoms with Crippen LogP contribution in [0.4, 0.5) is 5.69 Å². The Morgan fingerprint density at radius 3 is 2.47 bits per heavy atom. The molecule has 1 amide bonds. The van der Waals surface area contributed by atoms with Crippen LogP contribution in [-0.4, -0.2) is 17.9 Å². The molecule has 0 aliphatic heterocycles. The van der Waals surface area contributed by atoms with Crippen molar-refractivity contribution >= 4 is 11.6 Å². The van der Waals surface area contributed by atoms with Gasteiger partial charge in [-0.3, -0.25) is 9.78 Å². The number of carbonyl (C=O) groups excluding carboxylic acids is 1. The highest BCUT2D eigenvalue weighted by atomic mass is 16.2. The van der Waals surface area contributed by atoms with Crippen LogP contribution in [0.5, 0.6) is 0 Å². The predicted molar refractivity (Wildman–Crippen MR) is 77.2 cm³/mol. The number of carbonyl (C=O) groups is 1. The molecule has 2 rings (SSSR count). The van der Waals surface area contributed by atoms with Gasteiger partial charge in [0.1, 0.15) is 0 Å². The van der Waals surface area contributed by atoms with Gasteiger partial charge in [0.15, 0.2) is 0 Å². The van der Waals surface area contributed by atoms with Crippen molar-refractivity contribution in [1.82, 2.24) is 4.98 Å². The summed E-state index contributed by atoms with van der Waals surface area (Å²) in [5, 5.41) is 0. The van der Waals surface area contributed by atoms with Crippen LogP contribution in [0.15, 0.2) is 48.8 Å². The number of pyridine rings is 1. The molecule has 0 aliphatic carbocycles. The Morgan fingerprint density at radius 2 is 1.89 bits per heavy atom. The second-order valence-corrected chi connectivity index (χ2v) is 4.74. The van der Waals surface area contributed by atoms with Gasteiger partial charge in [-0.05, 0) is 31.5 Å². The first kappa shape index (κ1) is 13.3. The number of likely N-dealkylation sites (N-methyl/N-ethyl adjacent to an activating group) is 1. The standard InChI is InChI=1S/C16H18N2O/c1-12-6-8-14(9-7-12)13(2)16(19)18(3)15-5-4-10-17-11-15/h4-11,13H,1-3H3. The molecule has 0 saturated heterocycles. The maximum absolute atomic E-state index is 12.4. The molecule has 0 spiro atoms. The first-order chi connectivity index (χ1) is 9.09. The van der Waals surface area contributed by atoms with E-state index in [0.717, 1.165) is 11.3 Å². The molecule has 19 heavy (non-hydrogen) atoms. The predicted octanol–water partition coefficient (Wildman–Crippen LogP) is 3.16. The molecule has 0 bridgehead atoms. The van der Waals surface area contributed by atoms with E-state index in [2.05, 4.69) is 4.98 Å². The second-order valence-electron chi connectivity index (χ2n) is 4.74. The minimum Gasteiger partial charge on any atom is -0.313 e. The molecule has 0 N–H and O–H groups in total. The molecule has 2 aromatic rings. The van der Waals surface area contributed by atoms with E-state index >= 15 is 0 Å². The van der Waals surface area contributed by atoms with Crippen LogP contribution < -0.4 is 4.90 Å². The smallest absolute Gasteiger partial charge is 0.234 e. The van der Waals surface area contributed by atoms with Gasteiger partial charge in [-0.2, -0.15) is 0 Å². The van der Waals surface area contributed by atoms with Crippen LogP contribution in [0.3, 0.4) is 0 Å². The van der Waals surface area contributed by atoms with Crippen LogP contribution in [-0.2, 0) is 4.79 Å². The van der Waals surface area contributed by atoms with Gasteiger partial charge in [0, 0.05) is 13.2 Å². The van der Waals surface area contributed by atoms with Crippen molar-refractivity contribution in [3.8, 4) is 0 Å². The van der Waals surface area contributed by atoms with E-state index < -0.39 is 0 Å². The average Bonchev–Trinajstić information content (AvgIpc) is 2.46. The molecule has 1 atom stereocenters. The Hall–Kier alpha value is -2.16. The fourth-order valence-corrected chi connectivity index (χ4v) is 1.97. The van der Waals surface area contributed by atoms with Crippen LogP contribution >= 0.6 is 0 Å². The van der Waals surface area contributed by atoms with Crippen molar-refractivity contribution in [3.05, 3.63) is 59.9 Å². The Kier molecular flexibility index (Phi) is 3.95. The molecular formula is C16H18N2O. The summed E-state index contributed by atoms with van der Waals surface area (Å²) in [5.41, 5.74) is 3.04. The highest BCUT2D eigenvalue weighted by Gasteiger charge is 2.20. The lowest BCUT2D eigenvalue weighted by molar-refractivity contribution is -0.119. The van der Waals surface area contributed by atoms with Crippen molar-refractivity contribution in [2.75, 3.05) is 11.9 Å². The number of aryl methyl sites for hydroxylation is 1. The molecule has 1 heterocycles. The van der Waals surface area contributed by atoms with E-state index in [1.54, 1.807) is 24.3 Å². The number of aromatic nitrogens is 1. The third-order valence-electron chi connectivity index (χ3n) is 3.31. The van der Waals surface area contributed by atoms with Crippen LogP contribution in [0, 0.1) is 6.92 Å². The van der Waals surface area contributed by atoms with Crippen LogP contribution in [0.1, 0.15) is 24.0 Å². The summed E-state index contributed by atoms with van der Waals surface area (Å²) in [6.07, 6.45) is 3.39. The number of nitrogens with zero attached hydrogens (tertiary/aromatic N) is 2. The first-order valence-electron chi connectivity index (χ1n) is 6.34. The Labute approximate surface area is 113 Å². The summed E-state index contributed by atoms with van der Waals surface area (Å²) in [7, 11) is 1.78. The summed E-state index contributed by atoms with van der Waals surface area (Å²) in [6, 6.07) is 11.8. The van der Waals surface area contributed by atoms with Crippen molar-refractivity contribution in [2.45, 2.75) is 19.8 Å². The fourth-order valence-electron chi connectivity index (χ4n) is 1.97. The summed E-state index contributed by atoms with van der Waals surface area (Å²) in [4.78, 5) is 18.1. The van der Waals surface area contributed by atoms with E-state index in [9.17, 15) is 4.79 Å². The third kappa shape index (κ3) is 2.99. The minimum absolute atomic E-state index is 0.0665. The van der Waals surface area contributed by atoms with E-state index in [1.165, 1.54) is 5.56 Å². The van der Waals surface area contributed by atoms with Crippen LogP contribution in [0.25, 0.3) is 0 Å². The molecule has 3 nitrogen and oxygen atoms in total. The minimum atomic E-state index is -0.161. The number of hydrogen-bond acceptors (Lipinski definition) is 2. The molecule has 0 aliphatic rings. The van der Waals surface area contributed by atoms with Crippen molar-refractivity contribution < 1.29 is 4.79 Å². The Morgan fingerprint density at radius 1 is 1.21 bits per heavy atom. The van der Waals surface area contributed by atoms with E-state index in [0.29, 0.717) is 0 Å². The SMILES string of the molecule is Cc1ccc(C(C)C(=O)N(C)c2cccnc2)cc1. The number of hydrogen-bond donors (Lipinski definition) is 0. The molecule has 1 aromatic carbocycles. The normalized spacial score (nSPS) is 11.9. The topological polar surface area (TPSA) is 33.2 Å². The maximum atomic E-state index is 12.4. The summed E-state index contributed by atoms with van der Waals surface area (Å²) in [6.45, 7) is 3.97. The maximum Gasteiger partial charge on any atom is 0.234 e. The molecule has 98 valence electrons. The number of rotatable bonds is 3. The number of benzene rings is 1. The monoisotopic (exact) mass is 254 g/mol. The lowest BCUT2D eigenvalue weighted by atomic mass is 9.98. The zero-order chi connectivity index (χ0) is 13.8. The number of amides is 1. The summed E-state index contributed by atoms with van der Waals surface area (Å²) in [5.74, 6) is -0.0948. The Bertz CT molecular complexity index is 549. The molecule has 1 aromatic heterocycles. The second kappa shape index (κ2) is 5.65. The van der Waals surface area contributed by atoms with Crippen molar-refractivity contribution in [3.63, 3.8) is 0 Å². The van der Waals surface area contributed by atoms with E-state index in [1.807, 2.05) is 50.2 Å². The third-order valence-corrected chi connectivity index (χ3v) is 3.31. The number of anilines is 1. The van der Waals surface area contributed by atoms with Gasteiger partial charge in [-0.15, -0.1) is 0 Å². The van der Waals surface area contributed by atoms with Gasteiger partial charge in [0.25, 0.3) is 0 Å². The first-order valence-corrected chi connectivity index (χ1v) is 6.34. The summed E-state index contributed by atoms with van der Waals surface area (Å²) >= 11 is 0. The highest BCUT2D eigenvalue weighted by Crippen LogP contribution is 2.21. The van der Waals surface area contributed by atoms with E-state index in [-0.39, 0.29) is 11.8 Å². The van der Waals surface area contributed by atoms with E-state index in [4.69, 9.17) is 0 Å². The zero-order valence-electron chi connectivity index (χ0n) is 11.5. The van der Waals surface area contributed by atoms with Gasteiger partial charge in [-0.1, -0.05) is 29.8 Å². The largest absolute Gasteiger partial charge is 0.313 e. The van der Waals surface area contributed by atoms with Crippen LogP contribution in [0.2, 0.25) is 0 Å². The van der Waals surface area contributed by atoms with Gasteiger partial charge < -0.3 is 4.90 Å².